The van der Waals surface area contributed by atoms with Gasteiger partial charge in [0.25, 0.3) is 0 Å². The molecule has 1 aliphatic rings. The second-order valence-electron chi connectivity index (χ2n) is 7.31. The number of ether oxygens (including phenoxy) is 2. The zero-order chi connectivity index (χ0) is 20.4. The van der Waals surface area contributed by atoms with Gasteiger partial charge in [0.15, 0.2) is 5.76 Å². The minimum absolute atomic E-state index is 0.0937. The molecule has 0 radical (unpaired) electrons. The Morgan fingerprint density at radius 1 is 1.00 bits per heavy atom. The summed E-state index contributed by atoms with van der Waals surface area (Å²) in [6, 6.07) is 21.6. The summed E-state index contributed by atoms with van der Waals surface area (Å²) in [5, 5.41) is 0. The summed E-state index contributed by atoms with van der Waals surface area (Å²) >= 11 is 0. The highest BCUT2D eigenvalue weighted by Gasteiger charge is 2.30. The largest absolute Gasteiger partial charge is 0.489 e. The lowest BCUT2D eigenvalue weighted by Crippen LogP contribution is -2.08. The van der Waals surface area contributed by atoms with Crippen LogP contribution in [0.2, 0.25) is 0 Å². The lowest BCUT2D eigenvalue weighted by atomic mass is 10.0. The zero-order valence-electron chi connectivity index (χ0n) is 16.8. The molecule has 3 aromatic rings. The first-order chi connectivity index (χ1) is 14.0. The molecule has 0 saturated heterocycles. The van der Waals surface area contributed by atoms with Crippen molar-refractivity contribution in [2.75, 3.05) is 19.0 Å². The molecule has 1 aliphatic heterocycles. The van der Waals surface area contributed by atoms with E-state index in [1.165, 1.54) is 0 Å². The molecule has 3 aromatic carbocycles. The molecule has 0 N–H and O–H groups in total. The van der Waals surface area contributed by atoms with Crippen LogP contribution in [0.1, 0.15) is 27.0 Å². The maximum atomic E-state index is 12.8. The Bertz CT molecular complexity index is 1070. The summed E-state index contributed by atoms with van der Waals surface area (Å²) in [4.78, 5) is 14.9. The zero-order valence-corrected chi connectivity index (χ0v) is 16.8. The number of hydrogen-bond donors (Lipinski definition) is 0. The normalized spacial score (nSPS) is 13.9. The van der Waals surface area contributed by atoms with Crippen LogP contribution in [-0.2, 0) is 6.61 Å². The first kappa shape index (κ1) is 18.8. The lowest BCUT2D eigenvalue weighted by molar-refractivity contribution is 0.101. The second-order valence-corrected chi connectivity index (χ2v) is 7.31. The van der Waals surface area contributed by atoms with E-state index in [1.807, 2.05) is 86.6 Å². The number of allylic oxidation sites excluding steroid dienone is 1. The molecule has 146 valence electrons. The third kappa shape index (κ3) is 4.02. The molecule has 0 atom stereocenters. The first-order valence-electron chi connectivity index (χ1n) is 9.54. The number of carbonyl (C=O) groups excluding carboxylic acids is 1. The fourth-order valence-corrected chi connectivity index (χ4v) is 3.32. The highest BCUT2D eigenvalue weighted by Crippen LogP contribution is 2.37. The van der Waals surface area contributed by atoms with Crippen molar-refractivity contribution < 1.29 is 14.3 Å². The molecule has 0 bridgehead atoms. The van der Waals surface area contributed by atoms with Gasteiger partial charge in [0.1, 0.15) is 18.1 Å². The molecule has 0 aliphatic carbocycles. The fourth-order valence-electron chi connectivity index (χ4n) is 3.32. The molecule has 0 amide bonds. The van der Waals surface area contributed by atoms with E-state index in [9.17, 15) is 4.79 Å². The summed E-state index contributed by atoms with van der Waals surface area (Å²) < 4.78 is 11.8. The summed E-state index contributed by atoms with van der Waals surface area (Å²) in [5.41, 5.74) is 4.56. The van der Waals surface area contributed by atoms with E-state index in [0.29, 0.717) is 29.4 Å². The fraction of sp³-hybridized carbons (Fsp3) is 0.160. The van der Waals surface area contributed by atoms with Gasteiger partial charge in [-0.25, -0.2) is 0 Å². The Morgan fingerprint density at radius 2 is 1.72 bits per heavy atom. The topological polar surface area (TPSA) is 38.8 Å². The smallest absolute Gasteiger partial charge is 0.232 e. The highest BCUT2D eigenvalue weighted by atomic mass is 16.5. The minimum Gasteiger partial charge on any atom is -0.489 e. The van der Waals surface area contributed by atoms with Crippen molar-refractivity contribution in [1.29, 1.82) is 0 Å². The number of ketones is 1. The number of nitrogens with zero attached hydrogens (tertiary/aromatic N) is 1. The van der Waals surface area contributed by atoms with Crippen molar-refractivity contribution in [2.24, 2.45) is 0 Å². The quantitative estimate of drug-likeness (QED) is 0.562. The maximum absolute atomic E-state index is 12.8. The van der Waals surface area contributed by atoms with Gasteiger partial charge >= 0.3 is 0 Å². The Labute approximate surface area is 171 Å². The number of rotatable bonds is 5. The molecular formula is C25H23NO3. The Morgan fingerprint density at radius 3 is 2.41 bits per heavy atom. The average molecular weight is 385 g/mol. The van der Waals surface area contributed by atoms with Gasteiger partial charge in [-0.15, -0.1) is 0 Å². The molecule has 4 nitrogen and oxygen atoms in total. The summed E-state index contributed by atoms with van der Waals surface area (Å²) in [6.45, 7) is 2.37. The van der Waals surface area contributed by atoms with Gasteiger partial charge < -0.3 is 14.4 Å². The van der Waals surface area contributed by atoms with Gasteiger partial charge in [-0.2, -0.15) is 0 Å². The van der Waals surface area contributed by atoms with Crippen molar-refractivity contribution >= 4 is 17.5 Å². The standard InChI is InChI=1S/C25H23NO3/c1-17-13-21(28-16-19-7-5-4-6-8-19)15-22-24(17)25(27)23(29-22)14-18-9-11-20(12-10-18)26(2)3/h4-15H,16H2,1-3H3/b23-14-. The van der Waals surface area contributed by atoms with Gasteiger partial charge in [0.2, 0.25) is 5.78 Å². The number of Topliss-reactive ketones (excluding diaryl/α,β-unsaturated/α-hetero) is 1. The molecule has 4 heteroatoms. The van der Waals surface area contributed by atoms with E-state index in [-0.39, 0.29) is 5.78 Å². The number of fused-ring (bicyclic) bond motifs is 1. The number of aryl methyl sites for hydroxylation is 1. The van der Waals surface area contributed by atoms with E-state index in [1.54, 1.807) is 12.1 Å². The predicted molar refractivity (Wildman–Crippen MR) is 116 cm³/mol. The van der Waals surface area contributed by atoms with E-state index < -0.39 is 0 Å². The lowest BCUT2D eigenvalue weighted by Gasteiger charge is -2.11. The van der Waals surface area contributed by atoms with Crippen LogP contribution < -0.4 is 14.4 Å². The third-order valence-corrected chi connectivity index (χ3v) is 4.90. The minimum atomic E-state index is -0.0937. The number of carbonyl (C=O) groups is 1. The summed E-state index contributed by atoms with van der Waals surface area (Å²) in [5.74, 6) is 1.48. The van der Waals surface area contributed by atoms with Crippen LogP contribution in [0.4, 0.5) is 5.69 Å². The van der Waals surface area contributed by atoms with Crippen LogP contribution >= 0.6 is 0 Å². The number of hydrogen-bond acceptors (Lipinski definition) is 4. The van der Waals surface area contributed by atoms with Gasteiger partial charge in [0, 0.05) is 25.8 Å². The molecule has 29 heavy (non-hydrogen) atoms. The molecule has 0 unspecified atom stereocenters. The van der Waals surface area contributed by atoms with Crippen LogP contribution in [0.5, 0.6) is 11.5 Å². The maximum Gasteiger partial charge on any atom is 0.232 e. The van der Waals surface area contributed by atoms with Crippen LogP contribution in [-0.4, -0.2) is 19.9 Å². The molecule has 0 fully saturated rings. The van der Waals surface area contributed by atoms with Crippen LogP contribution in [0, 0.1) is 6.92 Å². The molecule has 0 aromatic heterocycles. The highest BCUT2D eigenvalue weighted by molar-refractivity contribution is 6.15. The van der Waals surface area contributed by atoms with Crippen LogP contribution in [0.25, 0.3) is 6.08 Å². The van der Waals surface area contributed by atoms with Crippen LogP contribution in [0.15, 0.2) is 72.5 Å². The Balaban J connectivity index is 1.55. The van der Waals surface area contributed by atoms with Gasteiger partial charge in [-0.05, 0) is 47.9 Å². The second kappa shape index (κ2) is 7.84. The first-order valence-corrected chi connectivity index (χ1v) is 9.54. The summed E-state index contributed by atoms with van der Waals surface area (Å²) in [7, 11) is 3.99. The average Bonchev–Trinajstić information content (AvgIpc) is 3.03. The van der Waals surface area contributed by atoms with E-state index in [4.69, 9.17) is 9.47 Å². The number of benzene rings is 3. The molecule has 4 rings (SSSR count). The van der Waals surface area contributed by atoms with Gasteiger partial charge in [-0.1, -0.05) is 42.5 Å². The molecule has 1 heterocycles. The van der Waals surface area contributed by atoms with Crippen LogP contribution in [0.3, 0.4) is 0 Å². The molecule has 0 saturated carbocycles. The number of anilines is 1. The SMILES string of the molecule is Cc1cc(OCc2ccccc2)cc2c1C(=O)/C(=C/c1ccc(N(C)C)cc1)O2. The monoisotopic (exact) mass is 385 g/mol. The molecular weight excluding hydrogens is 362 g/mol. The van der Waals surface area contributed by atoms with E-state index in [2.05, 4.69) is 0 Å². The Hall–Kier alpha value is -3.53. The predicted octanol–water partition coefficient (Wildman–Crippen LogP) is 5.26. The molecule has 0 spiro atoms. The van der Waals surface area contributed by atoms with Crippen molar-refractivity contribution in [2.45, 2.75) is 13.5 Å². The summed E-state index contributed by atoms with van der Waals surface area (Å²) in [6.07, 6.45) is 1.78. The van der Waals surface area contributed by atoms with Crippen molar-refractivity contribution in [3.8, 4) is 11.5 Å². The van der Waals surface area contributed by atoms with Gasteiger partial charge in [-0.3, -0.25) is 4.79 Å². The third-order valence-electron chi connectivity index (χ3n) is 4.90. The van der Waals surface area contributed by atoms with Gasteiger partial charge in [0.05, 0.1) is 5.56 Å². The van der Waals surface area contributed by atoms with Crippen molar-refractivity contribution in [1.82, 2.24) is 0 Å². The van der Waals surface area contributed by atoms with Crippen molar-refractivity contribution in [3.63, 3.8) is 0 Å². The van der Waals surface area contributed by atoms with Crippen molar-refractivity contribution in [3.05, 3.63) is 94.7 Å². The van der Waals surface area contributed by atoms with E-state index >= 15 is 0 Å². The Kier molecular flexibility index (Phi) is 5.09. The van der Waals surface area contributed by atoms with E-state index in [0.717, 1.165) is 22.4 Å².